The maximum Gasteiger partial charge on any atom is 0.407 e. The Morgan fingerprint density at radius 2 is 1.72 bits per heavy atom. The number of rotatable bonds is 9. The summed E-state index contributed by atoms with van der Waals surface area (Å²) >= 11 is 0. The van der Waals surface area contributed by atoms with Crippen LogP contribution in [-0.2, 0) is 15.6 Å². The van der Waals surface area contributed by atoms with Gasteiger partial charge in [-0.15, -0.1) is 0 Å². The van der Waals surface area contributed by atoms with Crippen LogP contribution in [0.5, 0.6) is 5.75 Å². The first-order valence-electron chi connectivity index (χ1n) is 10.6. The summed E-state index contributed by atoms with van der Waals surface area (Å²) in [4.78, 5) is 11.7. The Kier molecular flexibility index (Phi) is 9.22. The average molecular weight is 424 g/mol. The summed E-state index contributed by atoms with van der Waals surface area (Å²) in [5.41, 5.74) is 0.658. The van der Waals surface area contributed by atoms with Gasteiger partial charge >= 0.3 is 6.09 Å². The number of carbonyl (C=O) groups excluding carboxylic acids is 1. The fourth-order valence-electron chi connectivity index (χ4n) is 2.40. The van der Waals surface area contributed by atoms with Gasteiger partial charge in [0.25, 0.3) is 0 Å². The van der Waals surface area contributed by atoms with E-state index in [0.717, 1.165) is 24.2 Å². The zero-order chi connectivity index (χ0) is 22.3. The second-order valence-corrected chi connectivity index (χ2v) is 14.9. The highest BCUT2D eigenvalue weighted by atomic mass is 28.4. The van der Waals surface area contributed by atoms with E-state index in [-0.39, 0.29) is 17.2 Å². The van der Waals surface area contributed by atoms with Gasteiger partial charge in [0.05, 0.1) is 6.61 Å². The fourth-order valence-corrected chi connectivity index (χ4v) is 3.49. The molecule has 1 rings (SSSR count). The number of aryl methyl sites for hydroxylation is 1. The third kappa shape index (κ3) is 9.68. The number of amides is 1. The number of hydrogen-bond acceptors (Lipinski definition) is 4. The van der Waals surface area contributed by atoms with Crippen LogP contribution in [-0.4, -0.2) is 39.3 Å². The van der Waals surface area contributed by atoms with Crippen molar-refractivity contribution >= 4 is 14.4 Å². The second kappa shape index (κ2) is 10.5. The van der Waals surface area contributed by atoms with E-state index in [2.05, 4.69) is 45.2 Å². The maximum absolute atomic E-state index is 11.7. The Bertz CT molecular complexity index is 647. The molecule has 0 saturated carbocycles. The van der Waals surface area contributed by atoms with Crippen molar-refractivity contribution in [3.63, 3.8) is 0 Å². The summed E-state index contributed by atoms with van der Waals surface area (Å²) in [6, 6.07) is 8.07. The van der Waals surface area contributed by atoms with Crippen molar-refractivity contribution in [1.82, 2.24) is 5.32 Å². The molecule has 0 unspecified atom stereocenters. The van der Waals surface area contributed by atoms with Gasteiger partial charge in [0, 0.05) is 6.54 Å². The number of carbonyl (C=O) groups is 1. The van der Waals surface area contributed by atoms with Crippen LogP contribution in [0.2, 0.25) is 18.1 Å². The molecule has 1 N–H and O–H groups in total. The molecule has 0 radical (unpaired) electrons. The molecule has 1 aromatic carbocycles. The molecule has 29 heavy (non-hydrogen) atoms. The van der Waals surface area contributed by atoms with Crippen LogP contribution in [0.4, 0.5) is 4.79 Å². The van der Waals surface area contributed by atoms with E-state index in [1.54, 1.807) is 0 Å². The van der Waals surface area contributed by atoms with E-state index in [1.807, 2.05) is 45.9 Å². The summed E-state index contributed by atoms with van der Waals surface area (Å²) in [7, 11) is -1.78. The number of nitrogens with one attached hydrogen (secondary N) is 1. The molecule has 166 valence electrons. The first-order valence-corrected chi connectivity index (χ1v) is 13.5. The highest BCUT2D eigenvalue weighted by molar-refractivity contribution is 6.74. The predicted molar refractivity (Wildman–Crippen MR) is 122 cm³/mol. The van der Waals surface area contributed by atoms with Gasteiger partial charge in [0.15, 0.2) is 8.32 Å². The first-order chi connectivity index (χ1) is 13.2. The molecule has 0 heterocycles. The summed E-state index contributed by atoms with van der Waals surface area (Å²) in [5, 5.41) is 2.99. The molecule has 1 amide bonds. The van der Waals surface area contributed by atoms with Gasteiger partial charge in [-0.05, 0) is 70.3 Å². The zero-order valence-electron chi connectivity index (χ0n) is 19.8. The van der Waals surface area contributed by atoms with Crippen molar-refractivity contribution in [2.75, 3.05) is 13.2 Å². The summed E-state index contributed by atoms with van der Waals surface area (Å²) in [6.45, 7) is 20.0. The molecule has 0 bridgehead atoms. The second-order valence-electron chi connectivity index (χ2n) is 10.1. The number of ether oxygens (including phenoxy) is 2. The van der Waals surface area contributed by atoms with Gasteiger partial charge in [0.2, 0.25) is 0 Å². The smallest absolute Gasteiger partial charge is 0.407 e. The first kappa shape index (κ1) is 25.5. The fraction of sp³-hybridized carbons (Fsp3) is 0.696. The lowest BCUT2D eigenvalue weighted by atomic mass is 10.1. The van der Waals surface area contributed by atoms with Gasteiger partial charge in [-0.2, -0.15) is 0 Å². The van der Waals surface area contributed by atoms with Crippen molar-refractivity contribution in [2.24, 2.45) is 0 Å². The number of hydrogen-bond donors (Lipinski definition) is 1. The lowest BCUT2D eigenvalue weighted by Crippen LogP contribution is -2.43. The zero-order valence-corrected chi connectivity index (χ0v) is 20.8. The van der Waals surface area contributed by atoms with Crippen LogP contribution in [0.15, 0.2) is 24.3 Å². The van der Waals surface area contributed by atoms with Crippen molar-refractivity contribution in [2.45, 2.75) is 91.1 Å². The van der Waals surface area contributed by atoms with Gasteiger partial charge in [-0.3, -0.25) is 0 Å². The molecule has 0 aliphatic heterocycles. The molecule has 0 aliphatic rings. The minimum absolute atomic E-state index is 0.0230. The standard InChI is InChI=1S/C23H41NO4Si/c1-18(17-26-29(8,9)23(5,6)7)27-20-15-11-10-13-19(20)14-12-16-24-21(25)28-22(2,3)4/h10-11,13,15,18H,12,14,16-17H2,1-9H3,(H,24,25)/t18-/m1/s1. The summed E-state index contributed by atoms with van der Waals surface area (Å²) in [5.74, 6) is 0.885. The minimum atomic E-state index is -1.78. The highest BCUT2D eigenvalue weighted by Crippen LogP contribution is 2.36. The van der Waals surface area contributed by atoms with E-state index in [1.165, 1.54) is 0 Å². The van der Waals surface area contributed by atoms with Crippen molar-refractivity contribution in [3.8, 4) is 5.75 Å². The lowest BCUT2D eigenvalue weighted by Gasteiger charge is -2.37. The molecule has 0 aliphatic carbocycles. The molecular weight excluding hydrogens is 382 g/mol. The molecule has 6 heteroatoms. The van der Waals surface area contributed by atoms with Gasteiger partial charge in [0.1, 0.15) is 17.5 Å². The quantitative estimate of drug-likeness (QED) is 0.395. The predicted octanol–water partition coefficient (Wildman–Crippen LogP) is 5.93. The Morgan fingerprint density at radius 1 is 1.10 bits per heavy atom. The third-order valence-electron chi connectivity index (χ3n) is 5.08. The van der Waals surface area contributed by atoms with Crippen molar-refractivity contribution < 1.29 is 18.7 Å². The minimum Gasteiger partial charge on any atom is -0.488 e. The van der Waals surface area contributed by atoms with E-state index in [0.29, 0.717) is 13.2 Å². The summed E-state index contributed by atoms with van der Waals surface area (Å²) in [6.07, 6.45) is 1.24. The van der Waals surface area contributed by atoms with E-state index >= 15 is 0 Å². The van der Waals surface area contributed by atoms with Gasteiger partial charge in [-0.25, -0.2) is 4.79 Å². The SMILES string of the molecule is C[C@H](CO[Si](C)(C)C(C)(C)C)Oc1ccccc1CCCNC(=O)OC(C)(C)C. The van der Waals surface area contributed by atoms with Crippen LogP contribution in [0, 0.1) is 0 Å². The molecule has 0 saturated heterocycles. The van der Waals surface area contributed by atoms with Crippen LogP contribution in [0.25, 0.3) is 0 Å². The Hall–Kier alpha value is -1.53. The highest BCUT2D eigenvalue weighted by Gasteiger charge is 2.37. The topological polar surface area (TPSA) is 56.8 Å². The largest absolute Gasteiger partial charge is 0.488 e. The Balaban J connectivity index is 2.52. The number of alkyl carbamates (subject to hydrolysis) is 1. The summed E-state index contributed by atoms with van der Waals surface area (Å²) < 4.78 is 17.7. The van der Waals surface area contributed by atoms with Crippen LogP contribution in [0.1, 0.15) is 60.5 Å². The van der Waals surface area contributed by atoms with Crippen LogP contribution in [0.3, 0.4) is 0 Å². The van der Waals surface area contributed by atoms with Gasteiger partial charge in [-0.1, -0.05) is 39.0 Å². The molecule has 0 spiro atoms. The molecule has 1 atom stereocenters. The molecule has 0 aromatic heterocycles. The maximum atomic E-state index is 11.7. The van der Waals surface area contributed by atoms with Crippen molar-refractivity contribution in [3.05, 3.63) is 29.8 Å². The van der Waals surface area contributed by atoms with Gasteiger partial charge < -0.3 is 19.2 Å². The molecule has 0 fully saturated rings. The number of para-hydroxylation sites is 1. The molecule has 1 aromatic rings. The average Bonchev–Trinajstić information content (AvgIpc) is 2.56. The van der Waals surface area contributed by atoms with Crippen molar-refractivity contribution in [1.29, 1.82) is 0 Å². The normalized spacial score (nSPS) is 13.7. The molecule has 5 nitrogen and oxygen atoms in total. The van der Waals surface area contributed by atoms with E-state index in [4.69, 9.17) is 13.9 Å². The van der Waals surface area contributed by atoms with Crippen LogP contribution >= 0.6 is 0 Å². The third-order valence-corrected chi connectivity index (χ3v) is 9.58. The number of benzene rings is 1. The Labute approximate surface area is 178 Å². The lowest BCUT2D eigenvalue weighted by molar-refractivity contribution is 0.0527. The van der Waals surface area contributed by atoms with Crippen LogP contribution < -0.4 is 10.1 Å². The Morgan fingerprint density at radius 3 is 2.31 bits per heavy atom. The van der Waals surface area contributed by atoms with E-state index in [9.17, 15) is 4.79 Å². The monoisotopic (exact) mass is 423 g/mol. The van der Waals surface area contributed by atoms with E-state index < -0.39 is 13.9 Å². The molecular formula is C23H41NO4Si.